The van der Waals surface area contributed by atoms with Gasteiger partial charge in [-0.3, -0.25) is 9.78 Å². The molecule has 82 valence electrons. The fourth-order valence-corrected chi connectivity index (χ4v) is 2.11. The highest BCUT2D eigenvalue weighted by Crippen LogP contribution is 2.28. The van der Waals surface area contributed by atoms with Gasteiger partial charge in [-0.1, -0.05) is 31.7 Å². The smallest absolute Gasteiger partial charge is 0.181 e. The van der Waals surface area contributed by atoms with E-state index in [4.69, 9.17) is 0 Å². The first-order valence-corrected chi connectivity index (χ1v) is 5.30. The van der Waals surface area contributed by atoms with E-state index in [1.165, 1.54) is 25.7 Å². The first kappa shape index (κ1) is 12.2. The van der Waals surface area contributed by atoms with Gasteiger partial charge in [-0.25, -0.2) is 0 Å². The highest BCUT2D eigenvalue weighted by Gasteiger charge is 2.19. The maximum atomic E-state index is 11.7. The van der Waals surface area contributed by atoms with Crippen molar-refractivity contribution in [3.63, 3.8) is 0 Å². The Hall–Kier alpha value is -0.890. The Morgan fingerprint density at radius 1 is 1.33 bits per heavy atom. The van der Waals surface area contributed by atoms with Crippen LogP contribution in [0.3, 0.4) is 0 Å². The maximum Gasteiger partial charge on any atom is 0.181 e. The predicted molar refractivity (Wildman–Crippen MR) is 62.4 cm³/mol. The number of pyridine rings is 1. The number of rotatable bonds is 3. The van der Waals surface area contributed by atoms with Gasteiger partial charge in [0.2, 0.25) is 0 Å². The van der Waals surface area contributed by atoms with Crippen LogP contribution in [0.5, 0.6) is 0 Å². The Labute approximate surface area is 96.5 Å². The molecule has 2 nitrogen and oxygen atoms in total. The predicted octanol–water partition coefficient (Wildman–Crippen LogP) is 3.27. The fourth-order valence-electron chi connectivity index (χ4n) is 2.11. The Balaban J connectivity index is 0.00000112. The maximum absolute atomic E-state index is 11.7. The molecule has 0 aromatic carbocycles. The summed E-state index contributed by atoms with van der Waals surface area (Å²) in [6.07, 6.45) is 7.40. The summed E-state index contributed by atoms with van der Waals surface area (Å²) < 4.78 is 0. The third-order valence-electron chi connectivity index (χ3n) is 2.90. The molecule has 0 unspecified atom stereocenters. The van der Waals surface area contributed by atoms with Crippen molar-refractivity contribution in [2.75, 3.05) is 0 Å². The number of halogens is 1. The molecule has 0 amide bonds. The van der Waals surface area contributed by atoms with Crippen LogP contribution in [-0.2, 0) is 0 Å². The molecule has 15 heavy (non-hydrogen) atoms. The molecule has 1 saturated carbocycles. The highest BCUT2D eigenvalue weighted by molar-refractivity contribution is 5.94. The molecule has 0 bridgehead atoms. The van der Waals surface area contributed by atoms with Crippen LogP contribution in [0.2, 0.25) is 0 Å². The Bertz CT molecular complexity index is 307. The zero-order valence-electron chi connectivity index (χ0n) is 8.69. The molecule has 0 atom stereocenters. The summed E-state index contributed by atoms with van der Waals surface area (Å²) in [6.45, 7) is 0. The molecule has 0 saturated heterocycles. The van der Waals surface area contributed by atoms with Gasteiger partial charge in [0.05, 0.1) is 0 Å². The summed E-state index contributed by atoms with van der Waals surface area (Å²) in [5, 5.41) is 0. The molecule has 0 aliphatic heterocycles. The Morgan fingerprint density at radius 3 is 2.67 bits per heavy atom. The van der Waals surface area contributed by atoms with E-state index in [9.17, 15) is 4.79 Å². The Morgan fingerprint density at radius 2 is 2.07 bits per heavy atom. The number of hydrogen-bond donors (Lipinski definition) is 0. The molecule has 0 radical (unpaired) electrons. The topological polar surface area (TPSA) is 30.0 Å². The number of ketones is 1. The molecule has 1 aliphatic carbocycles. The van der Waals surface area contributed by atoms with Crippen LogP contribution in [0, 0.1) is 5.92 Å². The molecular formula is C12H16ClNO. The average molecular weight is 226 g/mol. The SMILES string of the molecule is Cl.O=C(CC1CCCC1)c1ccccn1. The zero-order chi connectivity index (χ0) is 9.80. The summed E-state index contributed by atoms with van der Waals surface area (Å²) in [5.41, 5.74) is 0.624. The van der Waals surface area contributed by atoms with E-state index in [1.807, 2.05) is 12.1 Å². The van der Waals surface area contributed by atoms with E-state index >= 15 is 0 Å². The van der Waals surface area contributed by atoms with Crippen LogP contribution in [0.1, 0.15) is 42.6 Å². The minimum atomic E-state index is 0. The van der Waals surface area contributed by atoms with Gasteiger partial charge in [-0.15, -0.1) is 12.4 Å². The summed E-state index contributed by atoms with van der Waals surface area (Å²) in [4.78, 5) is 15.8. The number of aromatic nitrogens is 1. The van der Waals surface area contributed by atoms with E-state index in [2.05, 4.69) is 4.98 Å². The number of carbonyl (C=O) groups is 1. The lowest BCUT2D eigenvalue weighted by Crippen LogP contribution is -2.07. The molecule has 3 heteroatoms. The first-order chi connectivity index (χ1) is 6.86. The van der Waals surface area contributed by atoms with Gasteiger partial charge in [-0.2, -0.15) is 0 Å². The van der Waals surface area contributed by atoms with Crippen LogP contribution in [0.15, 0.2) is 24.4 Å². The minimum Gasteiger partial charge on any atom is -0.292 e. The second-order valence-electron chi connectivity index (χ2n) is 3.99. The molecule has 1 aromatic rings. The van der Waals surface area contributed by atoms with E-state index < -0.39 is 0 Å². The molecule has 1 heterocycles. The normalized spacial score (nSPS) is 16.0. The van der Waals surface area contributed by atoms with Gasteiger partial charge >= 0.3 is 0 Å². The van der Waals surface area contributed by atoms with E-state index in [0.29, 0.717) is 18.0 Å². The molecule has 0 N–H and O–H groups in total. The fraction of sp³-hybridized carbons (Fsp3) is 0.500. The van der Waals surface area contributed by atoms with E-state index in [0.717, 1.165) is 0 Å². The average Bonchev–Trinajstić information content (AvgIpc) is 2.72. The monoisotopic (exact) mass is 225 g/mol. The molecule has 1 fully saturated rings. The first-order valence-electron chi connectivity index (χ1n) is 5.30. The van der Waals surface area contributed by atoms with Crippen LogP contribution in [0.25, 0.3) is 0 Å². The number of Topliss-reactive ketones (excluding diaryl/α,β-unsaturated/α-hetero) is 1. The summed E-state index contributed by atoms with van der Waals surface area (Å²) in [7, 11) is 0. The van der Waals surface area contributed by atoms with Gasteiger partial charge in [0, 0.05) is 12.6 Å². The van der Waals surface area contributed by atoms with Crippen molar-refractivity contribution in [1.29, 1.82) is 0 Å². The lowest BCUT2D eigenvalue weighted by Gasteiger charge is -2.06. The van der Waals surface area contributed by atoms with Crippen molar-refractivity contribution in [2.45, 2.75) is 32.1 Å². The number of nitrogens with zero attached hydrogens (tertiary/aromatic N) is 1. The van der Waals surface area contributed by atoms with Gasteiger partial charge in [0.15, 0.2) is 5.78 Å². The second kappa shape index (κ2) is 5.86. The second-order valence-corrected chi connectivity index (χ2v) is 3.99. The van der Waals surface area contributed by atoms with Gasteiger partial charge in [0.25, 0.3) is 0 Å². The van der Waals surface area contributed by atoms with Gasteiger partial charge < -0.3 is 0 Å². The molecule has 1 aromatic heterocycles. The highest BCUT2D eigenvalue weighted by atomic mass is 35.5. The van der Waals surface area contributed by atoms with Crippen molar-refractivity contribution < 1.29 is 4.79 Å². The van der Waals surface area contributed by atoms with E-state index in [-0.39, 0.29) is 18.2 Å². The number of hydrogen-bond acceptors (Lipinski definition) is 2. The van der Waals surface area contributed by atoms with Crippen LogP contribution in [0.4, 0.5) is 0 Å². The number of carbonyl (C=O) groups excluding carboxylic acids is 1. The third kappa shape index (κ3) is 3.31. The molecular weight excluding hydrogens is 210 g/mol. The standard InChI is InChI=1S/C12H15NO.ClH/c14-12(9-10-5-1-2-6-10)11-7-3-4-8-13-11;/h3-4,7-8,10H,1-2,5-6,9H2;1H. The van der Waals surface area contributed by atoms with E-state index in [1.54, 1.807) is 12.3 Å². The zero-order valence-corrected chi connectivity index (χ0v) is 9.50. The summed E-state index contributed by atoms with van der Waals surface area (Å²) in [6, 6.07) is 5.51. The molecule has 0 spiro atoms. The third-order valence-corrected chi connectivity index (χ3v) is 2.90. The van der Waals surface area contributed by atoms with Crippen molar-refractivity contribution >= 4 is 18.2 Å². The van der Waals surface area contributed by atoms with Crippen LogP contribution >= 0.6 is 12.4 Å². The largest absolute Gasteiger partial charge is 0.292 e. The minimum absolute atomic E-state index is 0. The van der Waals surface area contributed by atoms with Crippen LogP contribution in [-0.4, -0.2) is 10.8 Å². The van der Waals surface area contributed by atoms with Crippen molar-refractivity contribution in [3.05, 3.63) is 30.1 Å². The quantitative estimate of drug-likeness (QED) is 0.739. The van der Waals surface area contributed by atoms with Crippen LogP contribution < -0.4 is 0 Å². The Kier molecular flexibility index (Phi) is 4.76. The van der Waals surface area contributed by atoms with Gasteiger partial charge in [-0.05, 0) is 18.1 Å². The van der Waals surface area contributed by atoms with Gasteiger partial charge in [0.1, 0.15) is 5.69 Å². The lowest BCUT2D eigenvalue weighted by atomic mass is 9.99. The van der Waals surface area contributed by atoms with Crippen molar-refractivity contribution in [3.8, 4) is 0 Å². The lowest BCUT2D eigenvalue weighted by molar-refractivity contribution is 0.0957. The summed E-state index contributed by atoms with van der Waals surface area (Å²) >= 11 is 0. The van der Waals surface area contributed by atoms with Crippen molar-refractivity contribution in [1.82, 2.24) is 4.98 Å². The van der Waals surface area contributed by atoms with Crippen molar-refractivity contribution in [2.24, 2.45) is 5.92 Å². The molecule has 2 rings (SSSR count). The summed E-state index contributed by atoms with van der Waals surface area (Å²) in [5.74, 6) is 0.821. The molecule has 1 aliphatic rings.